The molecule has 1 amide bonds. The highest BCUT2D eigenvalue weighted by Gasteiger charge is 2.33. The Morgan fingerprint density at radius 3 is 2.62 bits per heavy atom. The zero-order valence-electron chi connectivity index (χ0n) is 16.6. The lowest BCUT2D eigenvalue weighted by Gasteiger charge is -2.31. The molecular formula is C21H26N2O5S. The molecule has 29 heavy (non-hydrogen) atoms. The second kappa shape index (κ2) is 9.39. The van der Waals surface area contributed by atoms with Gasteiger partial charge < -0.3 is 14.8 Å². The Balaban J connectivity index is 1.69. The van der Waals surface area contributed by atoms with Crippen LogP contribution in [0.2, 0.25) is 0 Å². The third-order valence-corrected chi connectivity index (χ3v) is 6.84. The van der Waals surface area contributed by atoms with Crippen LogP contribution in [0.1, 0.15) is 18.4 Å². The van der Waals surface area contributed by atoms with Crippen LogP contribution in [0.5, 0.6) is 5.75 Å². The summed E-state index contributed by atoms with van der Waals surface area (Å²) in [5.74, 6) is 0.0209. The first-order chi connectivity index (χ1) is 13.9. The van der Waals surface area contributed by atoms with Crippen molar-refractivity contribution in [2.75, 3.05) is 32.6 Å². The van der Waals surface area contributed by atoms with Gasteiger partial charge in [-0.05, 0) is 54.8 Å². The van der Waals surface area contributed by atoms with Crippen molar-refractivity contribution in [1.82, 2.24) is 4.31 Å². The van der Waals surface area contributed by atoms with E-state index in [1.54, 1.807) is 19.2 Å². The number of sulfonamides is 1. The molecule has 0 aliphatic carbocycles. The highest BCUT2D eigenvalue weighted by atomic mass is 32.2. The SMILES string of the molecule is COCc1cccc(NC(=O)[C@@H]2CCCN(S(=O)(=O)c3ccc(OC)cc3)C2)c1. The van der Waals surface area contributed by atoms with E-state index < -0.39 is 15.9 Å². The minimum Gasteiger partial charge on any atom is -0.497 e. The summed E-state index contributed by atoms with van der Waals surface area (Å²) in [4.78, 5) is 12.9. The summed E-state index contributed by atoms with van der Waals surface area (Å²) in [5, 5.41) is 2.90. The Bertz CT molecular complexity index is 944. The fraction of sp³-hybridized carbons (Fsp3) is 0.381. The average molecular weight is 419 g/mol. The zero-order chi connectivity index (χ0) is 20.9. The number of carbonyl (C=O) groups excluding carboxylic acids is 1. The van der Waals surface area contributed by atoms with E-state index in [1.807, 2.05) is 24.3 Å². The third-order valence-electron chi connectivity index (χ3n) is 4.96. The molecule has 1 saturated heterocycles. The number of carbonyl (C=O) groups is 1. The number of benzene rings is 2. The van der Waals surface area contributed by atoms with Crippen molar-refractivity contribution >= 4 is 21.6 Å². The van der Waals surface area contributed by atoms with E-state index in [0.29, 0.717) is 37.4 Å². The minimum absolute atomic E-state index is 0.165. The van der Waals surface area contributed by atoms with Gasteiger partial charge in [-0.2, -0.15) is 4.31 Å². The van der Waals surface area contributed by atoms with Gasteiger partial charge in [-0.3, -0.25) is 4.79 Å². The van der Waals surface area contributed by atoms with E-state index in [-0.39, 0.29) is 17.3 Å². The van der Waals surface area contributed by atoms with E-state index >= 15 is 0 Å². The summed E-state index contributed by atoms with van der Waals surface area (Å²) >= 11 is 0. The highest BCUT2D eigenvalue weighted by Crippen LogP contribution is 2.26. The Hall–Kier alpha value is -2.42. The molecule has 1 aliphatic rings. The Kier molecular flexibility index (Phi) is 6.89. The van der Waals surface area contributed by atoms with Crippen LogP contribution in [0.15, 0.2) is 53.4 Å². The van der Waals surface area contributed by atoms with Gasteiger partial charge in [-0.25, -0.2) is 8.42 Å². The molecule has 0 radical (unpaired) electrons. The number of amides is 1. The maximum absolute atomic E-state index is 13.0. The number of methoxy groups -OCH3 is 2. The van der Waals surface area contributed by atoms with Crippen LogP contribution in [-0.2, 0) is 26.2 Å². The molecule has 0 saturated carbocycles. The van der Waals surface area contributed by atoms with E-state index in [0.717, 1.165) is 5.56 Å². The third kappa shape index (κ3) is 5.14. The van der Waals surface area contributed by atoms with Crippen molar-refractivity contribution in [3.05, 3.63) is 54.1 Å². The number of hydrogen-bond acceptors (Lipinski definition) is 5. The van der Waals surface area contributed by atoms with Gasteiger partial charge in [0.25, 0.3) is 0 Å². The summed E-state index contributed by atoms with van der Waals surface area (Å²) in [6.07, 6.45) is 1.29. The number of nitrogens with one attached hydrogen (secondary N) is 1. The molecule has 0 unspecified atom stereocenters. The van der Waals surface area contributed by atoms with Gasteiger partial charge in [0.15, 0.2) is 0 Å². The Morgan fingerprint density at radius 1 is 1.17 bits per heavy atom. The summed E-state index contributed by atoms with van der Waals surface area (Å²) in [7, 11) is -0.513. The maximum atomic E-state index is 13.0. The van der Waals surface area contributed by atoms with Crippen LogP contribution in [-0.4, -0.2) is 45.9 Å². The molecule has 2 aromatic carbocycles. The summed E-state index contributed by atoms with van der Waals surface area (Å²) < 4.78 is 37.5. The summed E-state index contributed by atoms with van der Waals surface area (Å²) in [6.45, 7) is 1.03. The van der Waals surface area contributed by atoms with E-state index in [2.05, 4.69) is 5.32 Å². The Labute approximate surface area is 171 Å². The molecular weight excluding hydrogens is 392 g/mol. The average Bonchev–Trinajstić information content (AvgIpc) is 2.74. The Morgan fingerprint density at radius 2 is 1.93 bits per heavy atom. The van der Waals surface area contributed by atoms with E-state index in [1.165, 1.54) is 23.5 Å². The lowest BCUT2D eigenvalue weighted by Crippen LogP contribution is -2.43. The van der Waals surface area contributed by atoms with Crippen LogP contribution in [0.25, 0.3) is 0 Å². The predicted octanol–water partition coefficient (Wildman–Crippen LogP) is 2.88. The second-order valence-corrected chi connectivity index (χ2v) is 8.94. The molecule has 1 N–H and O–H groups in total. The molecule has 3 rings (SSSR count). The lowest BCUT2D eigenvalue weighted by molar-refractivity contribution is -0.120. The van der Waals surface area contributed by atoms with Crippen molar-refractivity contribution in [1.29, 1.82) is 0 Å². The van der Waals surface area contributed by atoms with Gasteiger partial charge in [0, 0.05) is 25.9 Å². The number of piperidine rings is 1. The lowest BCUT2D eigenvalue weighted by atomic mass is 9.98. The first-order valence-corrected chi connectivity index (χ1v) is 10.9. The first kappa shape index (κ1) is 21.3. The van der Waals surface area contributed by atoms with Crippen LogP contribution in [0.4, 0.5) is 5.69 Å². The monoisotopic (exact) mass is 418 g/mol. The number of rotatable bonds is 7. The molecule has 1 atom stereocenters. The zero-order valence-corrected chi connectivity index (χ0v) is 17.4. The van der Waals surface area contributed by atoms with Crippen LogP contribution in [0.3, 0.4) is 0 Å². The van der Waals surface area contributed by atoms with Gasteiger partial charge in [0.1, 0.15) is 5.75 Å². The molecule has 0 spiro atoms. The molecule has 8 heteroatoms. The number of anilines is 1. The van der Waals surface area contributed by atoms with Gasteiger partial charge in [0.05, 0.1) is 24.5 Å². The minimum atomic E-state index is -3.66. The quantitative estimate of drug-likeness (QED) is 0.747. The van der Waals surface area contributed by atoms with E-state index in [9.17, 15) is 13.2 Å². The standard InChI is InChI=1S/C21H26N2O5S/c1-27-15-16-5-3-7-18(13-16)22-21(24)17-6-4-12-23(14-17)29(25,26)20-10-8-19(28-2)9-11-20/h3,5,7-11,13,17H,4,6,12,14-15H2,1-2H3,(H,22,24)/t17-/m1/s1. The van der Waals surface area contributed by atoms with Crippen LogP contribution >= 0.6 is 0 Å². The van der Waals surface area contributed by atoms with Gasteiger partial charge in [-0.1, -0.05) is 12.1 Å². The normalized spacial score (nSPS) is 17.7. The van der Waals surface area contributed by atoms with Crippen molar-refractivity contribution < 1.29 is 22.7 Å². The van der Waals surface area contributed by atoms with Gasteiger partial charge >= 0.3 is 0 Å². The molecule has 156 valence electrons. The molecule has 2 aromatic rings. The van der Waals surface area contributed by atoms with Gasteiger partial charge in [-0.15, -0.1) is 0 Å². The molecule has 7 nitrogen and oxygen atoms in total. The molecule has 0 bridgehead atoms. The number of hydrogen-bond donors (Lipinski definition) is 1. The van der Waals surface area contributed by atoms with Crippen molar-refractivity contribution in [3.8, 4) is 5.75 Å². The van der Waals surface area contributed by atoms with E-state index in [4.69, 9.17) is 9.47 Å². The number of ether oxygens (including phenoxy) is 2. The largest absolute Gasteiger partial charge is 0.497 e. The fourth-order valence-corrected chi connectivity index (χ4v) is 4.95. The first-order valence-electron chi connectivity index (χ1n) is 9.47. The topological polar surface area (TPSA) is 84.9 Å². The molecule has 1 heterocycles. The molecule has 0 aromatic heterocycles. The van der Waals surface area contributed by atoms with Crippen LogP contribution in [0, 0.1) is 5.92 Å². The van der Waals surface area contributed by atoms with Crippen molar-refractivity contribution in [2.24, 2.45) is 5.92 Å². The predicted molar refractivity (Wildman–Crippen MR) is 110 cm³/mol. The van der Waals surface area contributed by atoms with Crippen LogP contribution < -0.4 is 10.1 Å². The molecule has 1 fully saturated rings. The highest BCUT2D eigenvalue weighted by molar-refractivity contribution is 7.89. The smallest absolute Gasteiger partial charge is 0.243 e. The fourth-order valence-electron chi connectivity index (χ4n) is 3.42. The summed E-state index contributed by atoms with van der Waals surface area (Å²) in [6, 6.07) is 13.7. The second-order valence-electron chi connectivity index (χ2n) is 7.00. The van der Waals surface area contributed by atoms with Gasteiger partial charge in [0.2, 0.25) is 15.9 Å². The maximum Gasteiger partial charge on any atom is 0.243 e. The molecule has 1 aliphatic heterocycles. The summed E-state index contributed by atoms with van der Waals surface area (Å²) in [5.41, 5.74) is 1.64. The van der Waals surface area contributed by atoms with Crippen molar-refractivity contribution in [2.45, 2.75) is 24.3 Å². The van der Waals surface area contributed by atoms with Crippen molar-refractivity contribution in [3.63, 3.8) is 0 Å². The number of nitrogens with zero attached hydrogens (tertiary/aromatic N) is 1.